The summed E-state index contributed by atoms with van der Waals surface area (Å²) in [7, 11) is 0. The number of amides is 1. The number of hydrogen-bond donors (Lipinski definition) is 1. The van der Waals surface area contributed by atoms with Crippen LogP contribution in [0.4, 0.5) is 11.5 Å². The topological polar surface area (TPSA) is 58.1 Å². The van der Waals surface area contributed by atoms with Crippen LogP contribution < -0.4 is 10.2 Å². The van der Waals surface area contributed by atoms with Gasteiger partial charge in [-0.25, -0.2) is 9.97 Å². The lowest BCUT2D eigenvalue weighted by Crippen LogP contribution is -2.36. The second-order valence-electron chi connectivity index (χ2n) is 5.93. The van der Waals surface area contributed by atoms with Crippen LogP contribution in [0.3, 0.4) is 0 Å². The van der Waals surface area contributed by atoms with Crippen LogP contribution in [0.15, 0.2) is 36.7 Å². The van der Waals surface area contributed by atoms with Crippen LogP contribution in [0.2, 0.25) is 0 Å². The summed E-state index contributed by atoms with van der Waals surface area (Å²) in [6.45, 7) is 5.06. The minimum atomic E-state index is -0.0663. The molecule has 0 saturated heterocycles. The van der Waals surface area contributed by atoms with E-state index in [1.165, 1.54) is 11.9 Å². The van der Waals surface area contributed by atoms with Crippen molar-refractivity contribution in [3.63, 3.8) is 0 Å². The number of unbranched alkanes of at least 4 members (excludes halogenated alkanes) is 1. The Bertz CT molecular complexity index is 701. The lowest BCUT2D eigenvalue weighted by Gasteiger charge is -2.22. The third kappa shape index (κ3) is 3.18. The second-order valence-corrected chi connectivity index (χ2v) is 5.93. The molecule has 5 heteroatoms. The maximum absolute atomic E-state index is 12.9. The fraction of sp³-hybridized carbons (Fsp3) is 0.389. The average molecular weight is 310 g/mol. The number of nitrogens with zero attached hydrogens (tertiary/aromatic N) is 3. The number of fused-ring (bicyclic) bond motifs is 1. The first-order valence-electron chi connectivity index (χ1n) is 8.18. The van der Waals surface area contributed by atoms with E-state index >= 15 is 0 Å². The highest BCUT2D eigenvalue weighted by Crippen LogP contribution is 2.32. The van der Waals surface area contributed by atoms with Crippen LogP contribution >= 0.6 is 0 Å². The SMILES string of the molecule is CCCCNc1cc(C(=O)N2c3ccccc3CC2C)ncn1. The van der Waals surface area contributed by atoms with Crippen molar-refractivity contribution in [1.82, 2.24) is 9.97 Å². The van der Waals surface area contributed by atoms with E-state index in [1.54, 1.807) is 6.07 Å². The monoisotopic (exact) mass is 310 g/mol. The van der Waals surface area contributed by atoms with Crippen molar-refractivity contribution < 1.29 is 4.79 Å². The minimum absolute atomic E-state index is 0.0663. The van der Waals surface area contributed by atoms with Gasteiger partial charge >= 0.3 is 0 Å². The van der Waals surface area contributed by atoms with Crippen molar-refractivity contribution in [1.29, 1.82) is 0 Å². The molecule has 3 rings (SSSR count). The van der Waals surface area contributed by atoms with Crippen molar-refractivity contribution in [3.8, 4) is 0 Å². The van der Waals surface area contributed by atoms with Crippen LogP contribution in [-0.4, -0.2) is 28.5 Å². The Morgan fingerprint density at radius 2 is 2.17 bits per heavy atom. The minimum Gasteiger partial charge on any atom is -0.370 e. The third-order valence-corrected chi connectivity index (χ3v) is 4.15. The zero-order valence-corrected chi connectivity index (χ0v) is 13.6. The van der Waals surface area contributed by atoms with Gasteiger partial charge in [-0.15, -0.1) is 0 Å². The fourth-order valence-corrected chi connectivity index (χ4v) is 2.96. The molecule has 1 unspecified atom stereocenters. The first-order valence-corrected chi connectivity index (χ1v) is 8.18. The number of hydrogen-bond acceptors (Lipinski definition) is 4. The number of nitrogens with one attached hydrogen (secondary N) is 1. The van der Waals surface area contributed by atoms with Gasteiger partial charge in [-0.2, -0.15) is 0 Å². The molecule has 0 fully saturated rings. The molecule has 0 saturated carbocycles. The molecule has 0 aliphatic carbocycles. The highest BCUT2D eigenvalue weighted by Gasteiger charge is 2.31. The molecule has 1 amide bonds. The molecule has 0 radical (unpaired) electrons. The Hall–Kier alpha value is -2.43. The molecular formula is C18H22N4O. The van der Waals surface area contributed by atoms with Crippen molar-refractivity contribution in [2.24, 2.45) is 0 Å². The van der Waals surface area contributed by atoms with Crippen LogP contribution in [0, 0.1) is 0 Å². The number of benzene rings is 1. The van der Waals surface area contributed by atoms with Crippen molar-refractivity contribution >= 4 is 17.4 Å². The smallest absolute Gasteiger partial charge is 0.277 e. The van der Waals surface area contributed by atoms with Gasteiger partial charge in [-0.1, -0.05) is 31.5 Å². The lowest BCUT2D eigenvalue weighted by atomic mass is 10.1. The molecule has 1 aliphatic rings. The predicted octanol–water partition coefficient (Wildman–Crippen LogP) is 3.28. The van der Waals surface area contributed by atoms with Gasteiger partial charge in [0.25, 0.3) is 5.91 Å². The zero-order chi connectivity index (χ0) is 16.2. The Morgan fingerprint density at radius 3 is 3.00 bits per heavy atom. The van der Waals surface area contributed by atoms with E-state index in [9.17, 15) is 4.79 Å². The van der Waals surface area contributed by atoms with Crippen molar-refractivity contribution in [3.05, 3.63) is 47.9 Å². The molecule has 1 aromatic carbocycles. The third-order valence-electron chi connectivity index (χ3n) is 4.15. The Morgan fingerprint density at radius 1 is 1.35 bits per heavy atom. The molecule has 1 aromatic heterocycles. The molecule has 120 valence electrons. The molecular weight excluding hydrogens is 288 g/mol. The number of carbonyl (C=O) groups excluding carboxylic acids is 1. The lowest BCUT2D eigenvalue weighted by molar-refractivity contribution is 0.0976. The molecule has 0 spiro atoms. The summed E-state index contributed by atoms with van der Waals surface area (Å²) in [6.07, 6.45) is 4.53. The molecule has 23 heavy (non-hydrogen) atoms. The summed E-state index contributed by atoms with van der Waals surface area (Å²) in [5.41, 5.74) is 2.63. The average Bonchev–Trinajstić information content (AvgIpc) is 2.90. The van der Waals surface area contributed by atoms with Gasteiger partial charge in [0.1, 0.15) is 17.8 Å². The number of para-hydroxylation sites is 1. The predicted molar refractivity (Wildman–Crippen MR) is 91.8 cm³/mol. The largest absolute Gasteiger partial charge is 0.370 e. The number of rotatable bonds is 5. The fourth-order valence-electron chi connectivity index (χ4n) is 2.96. The standard InChI is InChI=1S/C18H22N4O/c1-3-4-9-19-17-11-15(20-12-21-17)18(23)22-13(2)10-14-7-5-6-8-16(14)22/h5-8,11-13H,3-4,9-10H2,1-2H3,(H,19,20,21). The first-order chi connectivity index (χ1) is 11.2. The van der Waals surface area contributed by atoms with Crippen LogP contribution in [0.25, 0.3) is 0 Å². The van der Waals surface area contributed by atoms with Crippen LogP contribution in [0.1, 0.15) is 42.7 Å². The maximum Gasteiger partial charge on any atom is 0.277 e. The Kier molecular flexibility index (Phi) is 4.55. The highest BCUT2D eigenvalue weighted by atomic mass is 16.2. The molecule has 1 atom stereocenters. The second kappa shape index (κ2) is 6.77. The summed E-state index contributed by atoms with van der Waals surface area (Å²) in [5, 5.41) is 3.24. The van der Waals surface area contributed by atoms with E-state index in [-0.39, 0.29) is 11.9 Å². The summed E-state index contributed by atoms with van der Waals surface area (Å²) >= 11 is 0. The molecule has 2 heterocycles. The van der Waals surface area contributed by atoms with E-state index in [0.29, 0.717) is 11.5 Å². The summed E-state index contributed by atoms with van der Waals surface area (Å²) in [6, 6.07) is 9.95. The molecule has 1 N–H and O–H groups in total. The Labute approximate surface area is 136 Å². The number of carbonyl (C=O) groups is 1. The summed E-state index contributed by atoms with van der Waals surface area (Å²) in [4.78, 5) is 23.1. The first kappa shape index (κ1) is 15.5. The van der Waals surface area contributed by atoms with E-state index < -0.39 is 0 Å². The number of aromatic nitrogens is 2. The summed E-state index contributed by atoms with van der Waals surface area (Å²) in [5.74, 6) is 0.639. The van der Waals surface area contributed by atoms with E-state index in [0.717, 1.165) is 31.5 Å². The quantitative estimate of drug-likeness (QED) is 0.861. The van der Waals surface area contributed by atoms with Crippen LogP contribution in [-0.2, 0) is 6.42 Å². The van der Waals surface area contributed by atoms with Gasteiger partial charge in [0.05, 0.1) is 0 Å². The van der Waals surface area contributed by atoms with Gasteiger partial charge in [0.15, 0.2) is 0 Å². The van der Waals surface area contributed by atoms with E-state index in [1.807, 2.05) is 23.1 Å². The normalized spacial score (nSPS) is 16.3. The molecule has 0 bridgehead atoms. The number of anilines is 2. The van der Waals surface area contributed by atoms with E-state index in [4.69, 9.17) is 0 Å². The zero-order valence-electron chi connectivity index (χ0n) is 13.6. The van der Waals surface area contributed by atoms with Gasteiger partial charge in [-0.05, 0) is 31.4 Å². The van der Waals surface area contributed by atoms with Gasteiger partial charge in [0, 0.05) is 24.3 Å². The van der Waals surface area contributed by atoms with Gasteiger partial charge in [0.2, 0.25) is 0 Å². The molecule has 5 nitrogen and oxygen atoms in total. The van der Waals surface area contributed by atoms with Gasteiger partial charge < -0.3 is 10.2 Å². The van der Waals surface area contributed by atoms with Crippen LogP contribution in [0.5, 0.6) is 0 Å². The maximum atomic E-state index is 12.9. The van der Waals surface area contributed by atoms with Gasteiger partial charge in [-0.3, -0.25) is 4.79 Å². The molecule has 2 aromatic rings. The highest BCUT2D eigenvalue weighted by molar-refractivity contribution is 6.06. The molecule has 1 aliphatic heterocycles. The van der Waals surface area contributed by atoms with Crippen molar-refractivity contribution in [2.75, 3.05) is 16.8 Å². The Balaban J connectivity index is 1.82. The van der Waals surface area contributed by atoms with E-state index in [2.05, 4.69) is 35.2 Å². The van der Waals surface area contributed by atoms with Crippen molar-refractivity contribution in [2.45, 2.75) is 39.2 Å². The summed E-state index contributed by atoms with van der Waals surface area (Å²) < 4.78 is 0.